The van der Waals surface area contributed by atoms with Crippen molar-refractivity contribution in [3.63, 3.8) is 0 Å². The molecule has 0 amide bonds. The van der Waals surface area contributed by atoms with Gasteiger partial charge in [0, 0.05) is 18.3 Å². The van der Waals surface area contributed by atoms with Gasteiger partial charge in [0.25, 0.3) is 0 Å². The van der Waals surface area contributed by atoms with Crippen molar-refractivity contribution >= 4 is 11.6 Å². The SMILES string of the molecule is Cc1cnc(OC2CCCNC2)nc1Cl. The number of ether oxygens (including phenoxy) is 1. The maximum absolute atomic E-state index is 5.88. The molecule has 1 fully saturated rings. The van der Waals surface area contributed by atoms with E-state index in [2.05, 4.69) is 15.3 Å². The van der Waals surface area contributed by atoms with Crippen molar-refractivity contribution < 1.29 is 4.74 Å². The molecule has 2 rings (SSSR count). The summed E-state index contributed by atoms with van der Waals surface area (Å²) in [5.41, 5.74) is 0.866. The molecule has 0 saturated carbocycles. The van der Waals surface area contributed by atoms with Gasteiger partial charge in [0.1, 0.15) is 11.3 Å². The highest BCUT2D eigenvalue weighted by atomic mass is 35.5. The predicted octanol–water partition coefficient (Wildman–Crippen LogP) is 1.57. The molecular weight excluding hydrogens is 214 g/mol. The molecule has 1 aromatic heterocycles. The quantitative estimate of drug-likeness (QED) is 0.780. The maximum atomic E-state index is 5.88. The molecule has 0 aliphatic carbocycles. The first-order valence-electron chi connectivity index (χ1n) is 5.12. The van der Waals surface area contributed by atoms with E-state index in [9.17, 15) is 0 Å². The molecule has 1 aromatic rings. The first-order valence-corrected chi connectivity index (χ1v) is 5.50. The van der Waals surface area contributed by atoms with Gasteiger partial charge in [-0.3, -0.25) is 0 Å². The molecule has 1 aliphatic heterocycles. The van der Waals surface area contributed by atoms with Crippen LogP contribution in [-0.2, 0) is 0 Å². The fourth-order valence-corrected chi connectivity index (χ4v) is 1.65. The van der Waals surface area contributed by atoms with E-state index in [1.807, 2.05) is 6.92 Å². The number of hydrogen-bond acceptors (Lipinski definition) is 4. The van der Waals surface area contributed by atoms with E-state index in [1.165, 1.54) is 0 Å². The number of aromatic nitrogens is 2. The van der Waals surface area contributed by atoms with Crippen molar-refractivity contribution in [2.45, 2.75) is 25.9 Å². The zero-order chi connectivity index (χ0) is 10.7. The number of nitrogens with one attached hydrogen (secondary N) is 1. The Balaban J connectivity index is 2.00. The topological polar surface area (TPSA) is 47.0 Å². The molecule has 1 N–H and O–H groups in total. The van der Waals surface area contributed by atoms with Gasteiger partial charge in [-0.25, -0.2) is 4.98 Å². The second-order valence-electron chi connectivity index (χ2n) is 3.71. The van der Waals surface area contributed by atoms with Crippen molar-refractivity contribution in [3.05, 3.63) is 16.9 Å². The van der Waals surface area contributed by atoms with Crippen molar-refractivity contribution in [2.24, 2.45) is 0 Å². The zero-order valence-electron chi connectivity index (χ0n) is 8.66. The van der Waals surface area contributed by atoms with Gasteiger partial charge in [0.15, 0.2) is 0 Å². The Morgan fingerprint density at radius 2 is 2.47 bits per heavy atom. The molecule has 0 aromatic carbocycles. The van der Waals surface area contributed by atoms with E-state index in [0.717, 1.165) is 31.5 Å². The van der Waals surface area contributed by atoms with Crippen molar-refractivity contribution in [1.82, 2.24) is 15.3 Å². The number of nitrogens with zero attached hydrogens (tertiary/aromatic N) is 2. The lowest BCUT2D eigenvalue weighted by atomic mass is 10.1. The highest BCUT2D eigenvalue weighted by molar-refractivity contribution is 6.30. The van der Waals surface area contributed by atoms with Crippen LogP contribution < -0.4 is 10.1 Å². The molecule has 1 atom stereocenters. The summed E-state index contributed by atoms with van der Waals surface area (Å²) in [6, 6.07) is 0.374. The first-order chi connectivity index (χ1) is 7.25. The van der Waals surface area contributed by atoms with Gasteiger partial charge in [-0.15, -0.1) is 0 Å². The Morgan fingerprint density at radius 1 is 1.60 bits per heavy atom. The molecule has 1 unspecified atom stereocenters. The fraction of sp³-hybridized carbons (Fsp3) is 0.600. The molecule has 0 bridgehead atoms. The molecule has 1 aliphatic rings. The van der Waals surface area contributed by atoms with Crippen molar-refractivity contribution in [3.8, 4) is 6.01 Å². The third kappa shape index (κ3) is 2.79. The number of halogens is 1. The zero-order valence-corrected chi connectivity index (χ0v) is 9.42. The number of hydrogen-bond donors (Lipinski definition) is 1. The second-order valence-corrected chi connectivity index (χ2v) is 4.07. The third-order valence-electron chi connectivity index (χ3n) is 2.41. The summed E-state index contributed by atoms with van der Waals surface area (Å²) in [4.78, 5) is 8.16. The van der Waals surface area contributed by atoms with E-state index in [-0.39, 0.29) is 6.10 Å². The number of rotatable bonds is 2. The van der Waals surface area contributed by atoms with Crippen LogP contribution in [0.25, 0.3) is 0 Å². The molecule has 15 heavy (non-hydrogen) atoms. The largest absolute Gasteiger partial charge is 0.459 e. The summed E-state index contributed by atoms with van der Waals surface area (Å²) < 4.78 is 5.62. The van der Waals surface area contributed by atoms with E-state index < -0.39 is 0 Å². The lowest BCUT2D eigenvalue weighted by molar-refractivity contribution is 0.153. The average Bonchev–Trinajstić information content (AvgIpc) is 2.25. The number of aryl methyl sites for hydroxylation is 1. The fourth-order valence-electron chi connectivity index (χ4n) is 1.53. The van der Waals surface area contributed by atoms with Crippen LogP contribution >= 0.6 is 11.6 Å². The van der Waals surface area contributed by atoms with Gasteiger partial charge in [-0.2, -0.15) is 4.98 Å². The highest BCUT2D eigenvalue weighted by Crippen LogP contribution is 2.16. The lowest BCUT2D eigenvalue weighted by Crippen LogP contribution is -2.37. The molecule has 5 heteroatoms. The highest BCUT2D eigenvalue weighted by Gasteiger charge is 2.15. The standard InChI is InChI=1S/C10H14ClN3O/c1-7-5-13-10(14-9(7)11)15-8-3-2-4-12-6-8/h5,8,12H,2-4,6H2,1H3. The smallest absolute Gasteiger partial charge is 0.318 e. The number of piperidine rings is 1. The summed E-state index contributed by atoms with van der Waals surface area (Å²) in [6.07, 6.45) is 4.02. The molecule has 0 spiro atoms. The van der Waals surface area contributed by atoms with Gasteiger partial charge in [-0.05, 0) is 26.3 Å². The molecular formula is C10H14ClN3O. The Morgan fingerprint density at radius 3 is 3.13 bits per heavy atom. The molecule has 82 valence electrons. The maximum Gasteiger partial charge on any atom is 0.318 e. The van der Waals surface area contributed by atoms with Gasteiger partial charge >= 0.3 is 6.01 Å². The lowest BCUT2D eigenvalue weighted by Gasteiger charge is -2.22. The first kappa shape index (κ1) is 10.6. The Hall–Kier alpha value is -0.870. The van der Waals surface area contributed by atoms with E-state index >= 15 is 0 Å². The summed E-state index contributed by atoms with van der Waals surface area (Å²) in [5.74, 6) is 0. The van der Waals surface area contributed by atoms with E-state index in [4.69, 9.17) is 16.3 Å². The minimum Gasteiger partial charge on any atom is -0.459 e. The van der Waals surface area contributed by atoms with Crippen molar-refractivity contribution in [1.29, 1.82) is 0 Å². The van der Waals surface area contributed by atoms with Crippen LogP contribution in [0.15, 0.2) is 6.20 Å². The molecule has 1 saturated heterocycles. The van der Waals surface area contributed by atoms with Crippen LogP contribution in [0.4, 0.5) is 0 Å². The van der Waals surface area contributed by atoms with Gasteiger partial charge in [0.2, 0.25) is 0 Å². The van der Waals surface area contributed by atoms with E-state index in [1.54, 1.807) is 6.20 Å². The summed E-state index contributed by atoms with van der Waals surface area (Å²) in [7, 11) is 0. The average molecular weight is 228 g/mol. The van der Waals surface area contributed by atoms with Crippen LogP contribution in [-0.4, -0.2) is 29.2 Å². The van der Waals surface area contributed by atoms with Gasteiger partial charge < -0.3 is 10.1 Å². The molecule has 2 heterocycles. The second kappa shape index (κ2) is 4.77. The monoisotopic (exact) mass is 227 g/mol. The van der Waals surface area contributed by atoms with Crippen LogP contribution in [0, 0.1) is 6.92 Å². The van der Waals surface area contributed by atoms with Crippen LogP contribution in [0.2, 0.25) is 5.15 Å². The molecule has 0 radical (unpaired) electrons. The minimum absolute atomic E-state index is 0.164. The van der Waals surface area contributed by atoms with Crippen LogP contribution in [0.3, 0.4) is 0 Å². The van der Waals surface area contributed by atoms with Gasteiger partial charge in [-0.1, -0.05) is 11.6 Å². The Labute approximate surface area is 94.0 Å². The molecule has 4 nitrogen and oxygen atoms in total. The Kier molecular flexibility index (Phi) is 3.38. The predicted molar refractivity (Wildman–Crippen MR) is 58.3 cm³/mol. The van der Waals surface area contributed by atoms with Crippen molar-refractivity contribution in [2.75, 3.05) is 13.1 Å². The van der Waals surface area contributed by atoms with E-state index in [0.29, 0.717) is 11.2 Å². The normalized spacial score (nSPS) is 21.3. The summed E-state index contributed by atoms with van der Waals surface area (Å²) >= 11 is 5.88. The van der Waals surface area contributed by atoms with Gasteiger partial charge in [0.05, 0.1) is 0 Å². The van der Waals surface area contributed by atoms with Crippen LogP contribution in [0.5, 0.6) is 6.01 Å². The Bertz CT molecular complexity index is 339. The summed E-state index contributed by atoms with van der Waals surface area (Å²) in [6.45, 7) is 3.79. The van der Waals surface area contributed by atoms with Crippen LogP contribution in [0.1, 0.15) is 18.4 Å². The third-order valence-corrected chi connectivity index (χ3v) is 2.79. The summed E-state index contributed by atoms with van der Waals surface area (Å²) in [5, 5.41) is 3.73. The minimum atomic E-state index is 0.164.